The van der Waals surface area contributed by atoms with Gasteiger partial charge in [0.15, 0.2) is 0 Å². The molecular weight excluding hydrogens is 592 g/mol. The number of carbonyl (C=O) groups is 4. The van der Waals surface area contributed by atoms with Gasteiger partial charge in [0.05, 0.1) is 37.6 Å². The van der Waals surface area contributed by atoms with Crippen molar-refractivity contribution in [3.8, 4) is 23.0 Å². The number of hydrogen-bond acceptors (Lipinski definition) is 10. The second kappa shape index (κ2) is 16.8. The Hall–Kier alpha value is -5.90. The maximum atomic E-state index is 12.9. The van der Waals surface area contributed by atoms with E-state index in [0.29, 0.717) is 71.0 Å². The van der Waals surface area contributed by atoms with Gasteiger partial charge in [-0.25, -0.2) is 19.2 Å². The van der Waals surface area contributed by atoms with Crippen LogP contribution in [-0.2, 0) is 19.1 Å². The Bertz CT molecular complexity index is 1560. The monoisotopic (exact) mass is 624 g/mol. The molecule has 0 radical (unpaired) electrons. The van der Waals surface area contributed by atoms with E-state index >= 15 is 0 Å². The quantitative estimate of drug-likeness (QED) is 0.0609. The van der Waals surface area contributed by atoms with Gasteiger partial charge in [0.25, 0.3) is 0 Å². The lowest BCUT2D eigenvalue weighted by Gasteiger charge is -2.12. The van der Waals surface area contributed by atoms with Crippen molar-refractivity contribution in [3.05, 3.63) is 121 Å². The molecule has 0 atom stereocenters. The zero-order chi connectivity index (χ0) is 32.7. The van der Waals surface area contributed by atoms with E-state index in [-0.39, 0.29) is 13.2 Å². The van der Waals surface area contributed by atoms with Gasteiger partial charge in [-0.2, -0.15) is 0 Å². The van der Waals surface area contributed by atoms with Gasteiger partial charge in [-0.3, -0.25) is 0 Å². The average molecular weight is 625 g/mol. The minimum atomic E-state index is -0.571. The Morgan fingerprint density at radius 3 is 1.28 bits per heavy atom. The van der Waals surface area contributed by atoms with Gasteiger partial charge in [0.1, 0.15) is 23.0 Å². The highest BCUT2D eigenvalue weighted by Crippen LogP contribution is 2.33. The second-order valence-electron chi connectivity index (χ2n) is 9.58. The summed E-state index contributed by atoms with van der Waals surface area (Å²) in [5.41, 5.74) is 0.630. The van der Waals surface area contributed by atoms with Gasteiger partial charge >= 0.3 is 23.9 Å². The van der Waals surface area contributed by atoms with Crippen molar-refractivity contribution >= 4 is 34.6 Å². The second-order valence-corrected chi connectivity index (χ2v) is 9.58. The number of benzene rings is 4. The smallest absolute Gasteiger partial charge is 0.343 e. The predicted molar refractivity (Wildman–Crippen MR) is 169 cm³/mol. The molecule has 10 nitrogen and oxygen atoms in total. The van der Waals surface area contributed by atoms with Crippen molar-refractivity contribution in [1.29, 1.82) is 0 Å². The standard InChI is InChI=1S/C36H32O10/c1-3-33(37)43-23-7-21-41-27-17-13-25(14-18-27)35(39)45-31-11-5-10-30-29(31)9-6-12-32(30)46-36(40)26-15-19-28(20-16-26)42-22-8-24-44-34(38)4-2/h3-6,9-20H,1-2,7-8,21-24H2. The van der Waals surface area contributed by atoms with E-state index in [1.165, 1.54) is 0 Å². The van der Waals surface area contributed by atoms with Gasteiger partial charge in [-0.1, -0.05) is 37.4 Å². The molecule has 46 heavy (non-hydrogen) atoms. The zero-order valence-corrected chi connectivity index (χ0v) is 25.0. The van der Waals surface area contributed by atoms with Crippen LogP contribution in [0.15, 0.2) is 110 Å². The van der Waals surface area contributed by atoms with Crippen LogP contribution in [0.1, 0.15) is 33.6 Å². The third-order valence-corrected chi connectivity index (χ3v) is 6.36. The molecule has 0 aromatic heterocycles. The summed E-state index contributed by atoms with van der Waals surface area (Å²) in [4.78, 5) is 48.0. The van der Waals surface area contributed by atoms with Gasteiger partial charge in [-0.15, -0.1) is 0 Å². The zero-order valence-electron chi connectivity index (χ0n) is 25.0. The molecule has 4 aromatic carbocycles. The molecule has 0 heterocycles. The fourth-order valence-electron chi connectivity index (χ4n) is 4.08. The van der Waals surface area contributed by atoms with Crippen LogP contribution < -0.4 is 18.9 Å². The summed E-state index contributed by atoms with van der Waals surface area (Å²) in [5.74, 6) is -0.412. The molecule has 0 saturated carbocycles. The van der Waals surface area contributed by atoms with E-state index in [0.717, 1.165) is 12.2 Å². The molecule has 0 fully saturated rings. The first kappa shape index (κ1) is 33.0. The minimum absolute atomic E-state index is 0.212. The van der Waals surface area contributed by atoms with Crippen molar-refractivity contribution in [1.82, 2.24) is 0 Å². The maximum Gasteiger partial charge on any atom is 0.343 e. The van der Waals surface area contributed by atoms with E-state index in [9.17, 15) is 19.2 Å². The molecule has 0 spiro atoms. The van der Waals surface area contributed by atoms with Crippen LogP contribution in [0.3, 0.4) is 0 Å². The summed E-state index contributed by atoms with van der Waals surface area (Å²) in [7, 11) is 0. The normalized spacial score (nSPS) is 10.3. The van der Waals surface area contributed by atoms with Crippen LogP contribution in [0.2, 0.25) is 0 Å². The molecule has 0 saturated heterocycles. The largest absolute Gasteiger partial charge is 0.493 e. The molecule has 0 aliphatic heterocycles. The lowest BCUT2D eigenvalue weighted by atomic mass is 10.1. The van der Waals surface area contributed by atoms with Gasteiger partial charge in [-0.05, 0) is 60.7 Å². The van der Waals surface area contributed by atoms with E-state index in [4.69, 9.17) is 28.4 Å². The van der Waals surface area contributed by atoms with E-state index < -0.39 is 23.9 Å². The lowest BCUT2D eigenvalue weighted by molar-refractivity contribution is -0.138. The first-order valence-electron chi connectivity index (χ1n) is 14.4. The fourth-order valence-corrected chi connectivity index (χ4v) is 4.08. The van der Waals surface area contributed by atoms with Crippen molar-refractivity contribution in [2.45, 2.75) is 12.8 Å². The van der Waals surface area contributed by atoms with Crippen molar-refractivity contribution in [3.63, 3.8) is 0 Å². The Morgan fingerprint density at radius 1 is 0.522 bits per heavy atom. The molecule has 4 rings (SSSR count). The van der Waals surface area contributed by atoms with Crippen molar-refractivity contribution in [2.75, 3.05) is 26.4 Å². The van der Waals surface area contributed by atoms with Crippen LogP contribution in [0.4, 0.5) is 0 Å². The van der Waals surface area contributed by atoms with Crippen LogP contribution >= 0.6 is 0 Å². The van der Waals surface area contributed by atoms with Crippen LogP contribution in [0, 0.1) is 0 Å². The minimum Gasteiger partial charge on any atom is -0.493 e. The summed E-state index contributed by atoms with van der Waals surface area (Å²) in [6.45, 7) is 7.76. The van der Waals surface area contributed by atoms with E-state index in [2.05, 4.69) is 13.2 Å². The number of hydrogen-bond donors (Lipinski definition) is 0. The average Bonchev–Trinajstić information content (AvgIpc) is 3.08. The van der Waals surface area contributed by atoms with E-state index in [1.54, 1.807) is 84.9 Å². The Labute approximate surface area is 265 Å². The molecule has 0 N–H and O–H groups in total. The number of carbonyl (C=O) groups excluding carboxylic acids is 4. The molecule has 4 aromatic rings. The third kappa shape index (κ3) is 9.55. The van der Waals surface area contributed by atoms with Gasteiger partial charge in [0.2, 0.25) is 0 Å². The lowest BCUT2D eigenvalue weighted by Crippen LogP contribution is -2.10. The number of fused-ring (bicyclic) bond motifs is 1. The van der Waals surface area contributed by atoms with Crippen LogP contribution in [0.25, 0.3) is 10.8 Å². The SMILES string of the molecule is C=CC(=O)OCCCOc1ccc(C(=O)Oc2cccc3c(OC(=O)c4ccc(OCCCOC(=O)C=C)cc4)cccc23)cc1. The first-order chi connectivity index (χ1) is 22.4. The highest BCUT2D eigenvalue weighted by molar-refractivity contribution is 5.99. The van der Waals surface area contributed by atoms with Gasteiger partial charge < -0.3 is 28.4 Å². The van der Waals surface area contributed by atoms with Crippen LogP contribution in [-0.4, -0.2) is 50.3 Å². The van der Waals surface area contributed by atoms with E-state index in [1.807, 2.05) is 0 Å². The molecule has 0 aliphatic rings. The summed E-state index contributed by atoms with van der Waals surface area (Å²) < 4.78 is 32.4. The molecule has 0 unspecified atom stereocenters. The molecular formula is C36H32O10. The Morgan fingerprint density at radius 2 is 0.913 bits per heavy atom. The van der Waals surface area contributed by atoms with Crippen LogP contribution in [0.5, 0.6) is 23.0 Å². The van der Waals surface area contributed by atoms with Crippen molar-refractivity contribution in [2.24, 2.45) is 0 Å². The summed E-state index contributed by atoms with van der Waals surface area (Å²) in [5, 5.41) is 1.17. The highest BCUT2D eigenvalue weighted by Gasteiger charge is 2.15. The molecule has 236 valence electrons. The van der Waals surface area contributed by atoms with Crippen molar-refractivity contribution < 1.29 is 47.6 Å². The molecule has 0 aliphatic carbocycles. The summed E-state index contributed by atoms with van der Waals surface area (Å²) in [6, 6.07) is 23.2. The number of rotatable bonds is 16. The molecule has 0 amide bonds. The third-order valence-electron chi connectivity index (χ3n) is 6.36. The maximum absolute atomic E-state index is 12.9. The topological polar surface area (TPSA) is 124 Å². The molecule has 10 heteroatoms. The number of esters is 4. The predicted octanol–water partition coefficient (Wildman–Crippen LogP) is 6.27. The Balaban J connectivity index is 1.33. The summed E-state index contributed by atoms with van der Waals surface area (Å²) in [6.07, 6.45) is 3.20. The first-order valence-corrected chi connectivity index (χ1v) is 14.4. The summed E-state index contributed by atoms with van der Waals surface area (Å²) >= 11 is 0. The van der Waals surface area contributed by atoms with Gasteiger partial charge in [0, 0.05) is 35.8 Å². The Kier molecular flexibility index (Phi) is 12.1. The molecule has 0 bridgehead atoms. The fraction of sp³-hybridized carbons (Fsp3) is 0.167. The highest BCUT2D eigenvalue weighted by atomic mass is 16.5. The number of ether oxygens (including phenoxy) is 6.